The summed E-state index contributed by atoms with van der Waals surface area (Å²) < 4.78 is 11.1. The van der Waals surface area contributed by atoms with Crippen LogP contribution in [0.4, 0.5) is 0 Å². The Morgan fingerprint density at radius 1 is 1.19 bits per heavy atom. The second-order valence-corrected chi connectivity index (χ2v) is 8.31. The van der Waals surface area contributed by atoms with Crippen LogP contribution in [0.25, 0.3) is 0 Å². The Kier molecular flexibility index (Phi) is 11.3. The van der Waals surface area contributed by atoms with Crippen molar-refractivity contribution in [1.29, 1.82) is 0 Å². The number of ether oxygens (including phenoxy) is 1. The van der Waals surface area contributed by atoms with Gasteiger partial charge >= 0.3 is 0 Å². The third-order valence-corrected chi connectivity index (χ3v) is 5.01. The van der Waals surface area contributed by atoms with Crippen LogP contribution in [0.5, 0.6) is 5.75 Å². The quantitative estimate of drug-likeness (QED) is 0.334. The molecular formula is C20H36NO4P. The maximum atomic E-state index is 9.55. The standard InChI is InChI=1S/C20H36NO4P/c1-4-5-6-7-8-13-24-19-10-9-18(14-17(19)2)11-12-20(21,15-22)16-25-26(3)23/h9-10,14,22-23H,4-8,11-13,15-16,21H2,1-3H3/t20?,26-/m1/s1. The molecule has 4 N–H and O–H groups in total. The van der Waals surface area contributed by atoms with Crippen LogP contribution in [0.3, 0.4) is 0 Å². The zero-order chi connectivity index (χ0) is 19.4. The van der Waals surface area contributed by atoms with Crippen molar-refractivity contribution >= 4 is 8.38 Å². The molecule has 150 valence electrons. The van der Waals surface area contributed by atoms with Gasteiger partial charge in [0.25, 0.3) is 0 Å². The van der Waals surface area contributed by atoms with Crippen LogP contribution in [0.2, 0.25) is 0 Å². The van der Waals surface area contributed by atoms with E-state index >= 15 is 0 Å². The normalized spacial score (nSPS) is 14.8. The summed E-state index contributed by atoms with van der Waals surface area (Å²) >= 11 is 0. The van der Waals surface area contributed by atoms with Crippen molar-refractivity contribution in [2.45, 2.75) is 64.3 Å². The van der Waals surface area contributed by atoms with Gasteiger partial charge < -0.3 is 25.0 Å². The maximum absolute atomic E-state index is 9.55. The molecule has 0 aliphatic carbocycles. The molecule has 1 aromatic carbocycles. The molecule has 0 radical (unpaired) electrons. The molecule has 0 amide bonds. The van der Waals surface area contributed by atoms with Crippen molar-refractivity contribution in [2.75, 3.05) is 26.5 Å². The molecule has 5 nitrogen and oxygen atoms in total. The van der Waals surface area contributed by atoms with Crippen LogP contribution in [0.15, 0.2) is 18.2 Å². The van der Waals surface area contributed by atoms with E-state index in [1.807, 2.05) is 6.07 Å². The van der Waals surface area contributed by atoms with E-state index in [0.29, 0.717) is 6.42 Å². The lowest BCUT2D eigenvalue weighted by Gasteiger charge is -2.27. The molecule has 6 heteroatoms. The van der Waals surface area contributed by atoms with E-state index in [1.54, 1.807) is 6.66 Å². The summed E-state index contributed by atoms with van der Waals surface area (Å²) in [6.45, 7) is 6.61. The molecule has 1 unspecified atom stereocenters. The van der Waals surface area contributed by atoms with Crippen LogP contribution in [0.1, 0.15) is 56.6 Å². The highest BCUT2D eigenvalue weighted by atomic mass is 31.2. The molecule has 1 aromatic rings. The predicted molar refractivity (Wildman–Crippen MR) is 109 cm³/mol. The van der Waals surface area contributed by atoms with E-state index in [2.05, 4.69) is 26.0 Å². The minimum Gasteiger partial charge on any atom is -0.493 e. The minimum atomic E-state index is -1.46. The lowest BCUT2D eigenvalue weighted by molar-refractivity contribution is 0.128. The van der Waals surface area contributed by atoms with Gasteiger partial charge in [-0.1, -0.05) is 44.7 Å². The highest BCUT2D eigenvalue weighted by Gasteiger charge is 2.25. The molecule has 2 atom stereocenters. The summed E-state index contributed by atoms with van der Waals surface area (Å²) in [5.41, 5.74) is 7.62. The molecule has 0 spiro atoms. The number of nitrogens with two attached hydrogens (primary N) is 1. The molecule has 0 fully saturated rings. The van der Waals surface area contributed by atoms with Crippen LogP contribution in [0, 0.1) is 6.92 Å². The van der Waals surface area contributed by atoms with Crippen LogP contribution in [-0.2, 0) is 10.9 Å². The lowest BCUT2D eigenvalue weighted by atomic mass is 9.93. The number of aryl methyl sites for hydroxylation is 2. The fourth-order valence-corrected chi connectivity index (χ4v) is 3.17. The van der Waals surface area contributed by atoms with Crippen molar-refractivity contribution in [2.24, 2.45) is 5.73 Å². The summed E-state index contributed by atoms with van der Waals surface area (Å²) in [4.78, 5) is 9.29. The Bertz CT molecular complexity index is 513. The lowest BCUT2D eigenvalue weighted by Crippen LogP contribution is -2.48. The molecule has 0 saturated heterocycles. The number of hydrogen-bond acceptors (Lipinski definition) is 5. The van der Waals surface area contributed by atoms with E-state index < -0.39 is 13.9 Å². The summed E-state index contributed by atoms with van der Waals surface area (Å²) in [7, 11) is -1.46. The van der Waals surface area contributed by atoms with Gasteiger partial charge in [0.15, 0.2) is 8.38 Å². The first kappa shape index (κ1) is 23.3. The van der Waals surface area contributed by atoms with Crippen LogP contribution < -0.4 is 10.5 Å². The molecule has 0 saturated carbocycles. The first-order valence-electron chi connectivity index (χ1n) is 9.58. The number of hydrogen-bond donors (Lipinski definition) is 3. The van der Waals surface area contributed by atoms with Gasteiger partial charge in [0.05, 0.1) is 25.4 Å². The predicted octanol–water partition coefficient (Wildman–Crippen LogP) is 3.92. The van der Waals surface area contributed by atoms with Gasteiger partial charge in [-0.25, -0.2) is 0 Å². The smallest absolute Gasteiger partial charge is 0.164 e. The first-order valence-corrected chi connectivity index (χ1v) is 11.2. The van der Waals surface area contributed by atoms with Gasteiger partial charge in [-0.15, -0.1) is 0 Å². The number of benzene rings is 1. The Morgan fingerprint density at radius 2 is 1.92 bits per heavy atom. The van der Waals surface area contributed by atoms with Crippen molar-refractivity contribution in [3.05, 3.63) is 29.3 Å². The molecule has 26 heavy (non-hydrogen) atoms. The van der Waals surface area contributed by atoms with E-state index in [9.17, 15) is 10.00 Å². The molecular weight excluding hydrogens is 349 g/mol. The number of aliphatic hydroxyl groups excluding tert-OH is 1. The highest BCUT2D eigenvalue weighted by Crippen LogP contribution is 2.28. The van der Waals surface area contributed by atoms with Crippen molar-refractivity contribution in [1.82, 2.24) is 0 Å². The molecule has 1 rings (SSSR count). The second kappa shape index (κ2) is 12.6. The van der Waals surface area contributed by atoms with Crippen molar-refractivity contribution in [3.63, 3.8) is 0 Å². The van der Waals surface area contributed by atoms with Crippen LogP contribution in [-0.4, -0.2) is 42.0 Å². The van der Waals surface area contributed by atoms with Gasteiger partial charge in [0, 0.05) is 6.66 Å². The maximum Gasteiger partial charge on any atom is 0.164 e. The Balaban J connectivity index is 2.45. The third-order valence-electron chi connectivity index (χ3n) is 4.51. The second-order valence-electron chi connectivity index (χ2n) is 7.12. The number of rotatable bonds is 14. The average molecular weight is 385 g/mol. The molecule has 0 aliphatic heterocycles. The highest BCUT2D eigenvalue weighted by molar-refractivity contribution is 7.45. The Labute approximate surface area is 159 Å². The van der Waals surface area contributed by atoms with Gasteiger partial charge in [0.1, 0.15) is 5.75 Å². The molecule has 0 heterocycles. The minimum absolute atomic E-state index is 0.153. The Hall–Kier alpha value is -0.710. The van der Waals surface area contributed by atoms with Gasteiger partial charge in [-0.3, -0.25) is 0 Å². The summed E-state index contributed by atoms with van der Waals surface area (Å²) in [5.74, 6) is 0.936. The Morgan fingerprint density at radius 3 is 2.54 bits per heavy atom. The van der Waals surface area contributed by atoms with E-state index in [-0.39, 0.29) is 13.2 Å². The summed E-state index contributed by atoms with van der Waals surface area (Å²) in [6.07, 6.45) is 7.49. The monoisotopic (exact) mass is 385 g/mol. The van der Waals surface area contributed by atoms with Crippen molar-refractivity contribution in [3.8, 4) is 5.75 Å². The summed E-state index contributed by atoms with van der Waals surface area (Å²) in [6, 6.07) is 6.18. The fourth-order valence-electron chi connectivity index (χ4n) is 2.73. The molecule has 0 bridgehead atoms. The SMILES string of the molecule is CCCCCCCOc1ccc(CCC(N)(CO)CO[P@](C)O)cc1C. The van der Waals surface area contributed by atoms with E-state index in [0.717, 1.165) is 36.3 Å². The zero-order valence-electron chi connectivity index (χ0n) is 16.5. The van der Waals surface area contributed by atoms with Gasteiger partial charge in [0.2, 0.25) is 0 Å². The zero-order valence-corrected chi connectivity index (χ0v) is 17.4. The number of unbranched alkanes of at least 4 members (excludes halogenated alkanes) is 4. The molecule has 0 aromatic heterocycles. The van der Waals surface area contributed by atoms with Gasteiger partial charge in [-0.05, 0) is 43.4 Å². The van der Waals surface area contributed by atoms with Gasteiger partial charge in [-0.2, -0.15) is 0 Å². The van der Waals surface area contributed by atoms with Crippen LogP contribution >= 0.6 is 8.38 Å². The topological polar surface area (TPSA) is 84.9 Å². The fraction of sp³-hybridized carbons (Fsp3) is 0.700. The van der Waals surface area contributed by atoms with Crippen molar-refractivity contribution < 1.29 is 19.3 Å². The van der Waals surface area contributed by atoms with E-state index in [4.69, 9.17) is 15.0 Å². The largest absolute Gasteiger partial charge is 0.493 e. The van der Waals surface area contributed by atoms with E-state index in [1.165, 1.54) is 25.7 Å². The summed E-state index contributed by atoms with van der Waals surface area (Å²) in [5, 5.41) is 9.55. The first-order chi connectivity index (χ1) is 12.4. The number of aliphatic hydroxyl groups is 1. The third kappa shape index (κ3) is 9.29. The molecule has 0 aliphatic rings. The average Bonchev–Trinajstić information content (AvgIpc) is 2.62.